The molecule has 0 aromatic heterocycles. The molecule has 70 heavy (non-hydrogen) atoms. The predicted molar refractivity (Wildman–Crippen MR) is 306 cm³/mol. The van der Waals surface area contributed by atoms with E-state index >= 15 is 0 Å². The molecule has 0 saturated heterocycles. The van der Waals surface area contributed by atoms with Gasteiger partial charge in [0.15, 0.2) is 0 Å². The van der Waals surface area contributed by atoms with Gasteiger partial charge in [0.2, 0.25) is 5.91 Å². The van der Waals surface area contributed by atoms with Crippen molar-refractivity contribution >= 4 is 11.9 Å². The van der Waals surface area contributed by atoms with Crippen molar-refractivity contribution in [3.63, 3.8) is 0 Å². The number of esters is 1. The van der Waals surface area contributed by atoms with Crippen LogP contribution in [0.3, 0.4) is 0 Å². The highest BCUT2D eigenvalue weighted by molar-refractivity contribution is 5.76. The molecule has 0 aliphatic heterocycles. The molecule has 1 amide bonds. The average molecular weight is 987 g/mol. The van der Waals surface area contributed by atoms with Crippen molar-refractivity contribution in [1.82, 2.24) is 5.32 Å². The van der Waals surface area contributed by atoms with Crippen LogP contribution in [0.25, 0.3) is 0 Å². The Morgan fingerprint density at radius 1 is 0.386 bits per heavy atom. The number of aliphatic hydroxyl groups excluding tert-OH is 2. The third-order valence-electron chi connectivity index (χ3n) is 14.7. The van der Waals surface area contributed by atoms with Gasteiger partial charge in [0.1, 0.15) is 0 Å². The molecule has 0 fully saturated rings. The van der Waals surface area contributed by atoms with Crippen LogP contribution >= 0.6 is 0 Å². The fourth-order valence-electron chi connectivity index (χ4n) is 9.87. The van der Waals surface area contributed by atoms with Gasteiger partial charge in [-0.1, -0.05) is 282 Å². The van der Waals surface area contributed by atoms with Crippen LogP contribution < -0.4 is 5.32 Å². The number of hydrogen-bond donors (Lipinski definition) is 3. The van der Waals surface area contributed by atoms with E-state index in [0.29, 0.717) is 25.9 Å². The Balaban J connectivity index is 3.44. The first-order valence-corrected chi connectivity index (χ1v) is 31.6. The fourth-order valence-corrected chi connectivity index (χ4v) is 9.87. The van der Waals surface area contributed by atoms with E-state index in [-0.39, 0.29) is 18.5 Å². The minimum absolute atomic E-state index is 0.00554. The van der Waals surface area contributed by atoms with E-state index in [9.17, 15) is 19.8 Å². The van der Waals surface area contributed by atoms with Crippen molar-refractivity contribution in [3.8, 4) is 0 Å². The summed E-state index contributed by atoms with van der Waals surface area (Å²) in [6.45, 7) is 4.94. The van der Waals surface area contributed by atoms with E-state index in [4.69, 9.17) is 4.74 Å². The van der Waals surface area contributed by atoms with Gasteiger partial charge in [0.05, 0.1) is 25.4 Å². The second kappa shape index (κ2) is 59.9. The molecule has 414 valence electrons. The lowest BCUT2D eigenvalue weighted by Crippen LogP contribution is -2.45. The molecule has 6 nitrogen and oxygen atoms in total. The zero-order chi connectivity index (χ0) is 50.7. The van der Waals surface area contributed by atoms with E-state index in [2.05, 4.69) is 43.5 Å². The van der Waals surface area contributed by atoms with Crippen LogP contribution in [0, 0.1) is 0 Å². The van der Waals surface area contributed by atoms with Gasteiger partial charge in [-0.25, -0.2) is 0 Å². The monoisotopic (exact) mass is 986 g/mol. The molecule has 0 aliphatic carbocycles. The van der Waals surface area contributed by atoms with Crippen molar-refractivity contribution in [2.75, 3.05) is 13.2 Å². The lowest BCUT2D eigenvalue weighted by molar-refractivity contribution is -0.143. The number of unbranched alkanes of at least 4 members (excludes halogenated alkanes) is 44. The van der Waals surface area contributed by atoms with Gasteiger partial charge in [-0.15, -0.1) is 0 Å². The highest BCUT2D eigenvalue weighted by Crippen LogP contribution is 2.18. The summed E-state index contributed by atoms with van der Waals surface area (Å²) in [4.78, 5) is 24.5. The second-order valence-electron chi connectivity index (χ2n) is 21.7. The zero-order valence-electron chi connectivity index (χ0n) is 47.3. The SMILES string of the molecule is CCCCC/C=C\CCCCCCCC(=O)OCCCCCCCCCC/C=C\CCCCCCCCCC(=O)NC(CO)C(O)CCCCCCCCCCCCCCCCCCCCCCCC. The number of aliphatic hydroxyl groups is 2. The van der Waals surface area contributed by atoms with Crippen LogP contribution in [0.2, 0.25) is 0 Å². The predicted octanol–water partition coefficient (Wildman–Crippen LogP) is 19.8. The van der Waals surface area contributed by atoms with Crippen LogP contribution in [0.15, 0.2) is 24.3 Å². The number of amides is 1. The Morgan fingerprint density at radius 2 is 0.671 bits per heavy atom. The molecule has 0 saturated carbocycles. The smallest absolute Gasteiger partial charge is 0.305 e. The minimum atomic E-state index is -0.672. The van der Waals surface area contributed by atoms with Gasteiger partial charge in [-0.3, -0.25) is 9.59 Å². The maximum atomic E-state index is 12.5. The van der Waals surface area contributed by atoms with Crippen molar-refractivity contribution in [1.29, 1.82) is 0 Å². The Hall–Kier alpha value is -1.66. The summed E-state index contributed by atoms with van der Waals surface area (Å²) in [5.74, 6) is -0.0469. The topological polar surface area (TPSA) is 95.9 Å². The molecule has 0 rings (SSSR count). The summed E-state index contributed by atoms with van der Waals surface area (Å²) in [7, 11) is 0. The van der Waals surface area contributed by atoms with Crippen LogP contribution in [-0.4, -0.2) is 47.4 Å². The summed E-state index contributed by atoms with van der Waals surface area (Å²) in [5, 5.41) is 23.4. The lowest BCUT2D eigenvalue weighted by atomic mass is 10.0. The molecule has 2 atom stereocenters. The largest absolute Gasteiger partial charge is 0.466 e. The van der Waals surface area contributed by atoms with Crippen molar-refractivity contribution in [3.05, 3.63) is 24.3 Å². The molecule has 2 unspecified atom stereocenters. The van der Waals surface area contributed by atoms with Gasteiger partial charge in [0, 0.05) is 12.8 Å². The molecular weight excluding hydrogens is 863 g/mol. The summed E-state index contributed by atoms with van der Waals surface area (Å²) >= 11 is 0. The Kier molecular flexibility index (Phi) is 58.5. The highest BCUT2D eigenvalue weighted by Gasteiger charge is 2.20. The van der Waals surface area contributed by atoms with E-state index in [1.807, 2.05) is 0 Å². The molecule has 6 heteroatoms. The summed E-state index contributed by atoms with van der Waals surface area (Å²) in [6.07, 6.45) is 73.3. The molecule has 0 radical (unpaired) electrons. The molecule has 0 bridgehead atoms. The standard InChI is InChI=1S/C64H123NO5/c1-3-5-7-9-11-13-15-17-18-19-20-21-22-24-27-30-33-36-40-44-48-52-56-62(67)61(60-66)65-63(68)57-53-49-45-41-37-34-31-28-25-23-26-29-32-35-39-43-47-51-55-59-70-64(69)58-54-50-46-42-38-16-14-12-10-8-6-4-2/h12,14,23,25,61-62,66-67H,3-11,13,15-22,24,26-60H2,1-2H3,(H,65,68)/b14-12-,25-23-. The lowest BCUT2D eigenvalue weighted by Gasteiger charge is -2.22. The van der Waals surface area contributed by atoms with Crippen LogP contribution in [0.5, 0.6) is 0 Å². The summed E-state index contributed by atoms with van der Waals surface area (Å²) < 4.78 is 5.46. The third kappa shape index (κ3) is 55.7. The van der Waals surface area contributed by atoms with Crippen molar-refractivity contribution < 1.29 is 24.5 Å². The summed E-state index contributed by atoms with van der Waals surface area (Å²) in [6, 6.07) is -0.550. The summed E-state index contributed by atoms with van der Waals surface area (Å²) in [5.41, 5.74) is 0. The third-order valence-corrected chi connectivity index (χ3v) is 14.7. The molecule has 0 aromatic carbocycles. The van der Waals surface area contributed by atoms with Crippen LogP contribution in [0.4, 0.5) is 0 Å². The Morgan fingerprint density at radius 3 is 1.04 bits per heavy atom. The number of nitrogens with one attached hydrogen (secondary N) is 1. The highest BCUT2D eigenvalue weighted by atomic mass is 16.5. The first kappa shape index (κ1) is 68.3. The first-order valence-electron chi connectivity index (χ1n) is 31.6. The quantitative estimate of drug-likeness (QED) is 0.0321. The Bertz CT molecular complexity index is 1090. The van der Waals surface area contributed by atoms with Crippen LogP contribution in [-0.2, 0) is 14.3 Å². The average Bonchev–Trinajstić information content (AvgIpc) is 3.36. The normalized spacial score (nSPS) is 12.7. The molecular formula is C64H123NO5. The van der Waals surface area contributed by atoms with Gasteiger partial charge in [0.25, 0.3) is 0 Å². The number of allylic oxidation sites excluding steroid dienone is 4. The first-order chi connectivity index (χ1) is 34.5. The second-order valence-corrected chi connectivity index (χ2v) is 21.7. The molecule has 3 N–H and O–H groups in total. The Labute approximate surface area is 437 Å². The number of hydrogen-bond acceptors (Lipinski definition) is 5. The van der Waals surface area contributed by atoms with Gasteiger partial charge in [-0.05, 0) is 77.0 Å². The van der Waals surface area contributed by atoms with Gasteiger partial charge < -0.3 is 20.3 Å². The van der Waals surface area contributed by atoms with Gasteiger partial charge >= 0.3 is 5.97 Å². The number of rotatable bonds is 59. The maximum absolute atomic E-state index is 12.5. The number of carbonyl (C=O) groups is 2. The van der Waals surface area contributed by atoms with Crippen LogP contribution in [0.1, 0.15) is 348 Å². The molecule has 0 spiro atoms. The van der Waals surface area contributed by atoms with E-state index in [1.54, 1.807) is 0 Å². The van der Waals surface area contributed by atoms with Gasteiger partial charge in [-0.2, -0.15) is 0 Å². The number of ether oxygens (including phenoxy) is 1. The van der Waals surface area contributed by atoms with E-state index in [0.717, 1.165) is 44.9 Å². The van der Waals surface area contributed by atoms with Crippen molar-refractivity contribution in [2.45, 2.75) is 360 Å². The zero-order valence-corrected chi connectivity index (χ0v) is 47.3. The molecule has 0 aromatic rings. The maximum Gasteiger partial charge on any atom is 0.305 e. The number of carbonyl (C=O) groups excluding carboxylic acids is 2. The van der Waals surface area contributed by atoms with E-state index < -0.39 is 12.1 Å². The fraction of sp³-hybridized carbons (Fsp3) is 0.906. The molecule has 0 heterocycles. The van der Waals surface area contributed by atoms with E-state index in [1.165, 1.54) is 270 Å². The minimum Gasteiger partial charge on any atom is -0.466 e. The van der Waals surface area contributed by atoms with Crippen molar-refractivity contribution in [2.24, 2.45) is 0 Å². The molecule has 0 aliphatic rings.